The standard InChI is InChI=1S/C26H27N3O2/c1-19-9-12-23(17-20(19)2)27-25(30)22-10-13-24(14-11-22)29-16-6-15-28(26(29)31)18-21-7-4-3-5-8-21/h3-5,7-14,17H,6,15-16,18H2,1-2H3,(H,27,30). The zero-order chi connectivity index (χ0) is 21.8. The molecule has 1 aliphatic heterocycles. The van der Waals surface area contributed by atoms with Crippen molar-refractivity contribution in [1.29, 1.82) is 0 Å². The van der Waals surface area contributed by atoms with Crippen molar-refractivity contribution in [2.24, 2.45) is 0 Å². The van der Waals surface area contributed by atoms with Crippen LogP contribution in [-0.2, 0) is 6.54 Å². The third-order valence-corrected chi connectivity index (χ3v) is 5.73. The van der Waals surface area contributed by atoms with Crippen molar-refractivity contribution in [3.8, 4) is 0 Å². The third kappa shape index (κ3) is 4.77. The van der Waals surface area contributed by atoms with Crippen LogP contribution >= 0.6 is 0 Å². The van der Waals surface area contributed by atoms with Crippen LogP contribution in [0.5, 0.6) is 0 Å². The molecule has 3 amide bonds. The van der Waals surface area contributed by atoms with E-state index in [-0.39, 0.29) is 11.9 Å². The first kappa shape index (κ1) is 20.7. The maximum absolute atomic E-state index is 13.0. The summed E-state index contributed by atoms with van der Waals surface area (Å²) in [5.74, 6) is -0.162. The molecule has 1 N–H and O–H groups in total. The Morgan fingerprint density at radius 2 is 1.65 bits per heavy atom. The summed E-state index contributed by atoms with van der Waals surface area (Å²) in [6.45, 7) is 6.10. The normalized spacial score (nSPS) is 13.9. The summed E-state index contributed by atoms with van der Waals surface area (Å²) >= 11 is 0. The maximum Gasteiger partial charge on any atom is 0.324 e. The van der Waals surface area contributed by atoms with Gasteiger partial charge < -0.3 is 10.2 Å². The molecule has 0 unspecified atom stereocenters. The highest BCUT2D eigenvalue weighted by Gasteiger charge is 2.26. The van der Waals surface area contributed by atoms with Gasteiger partial charge in [-0.2, -0.15) is 0 Å². The van der Waals surface area contributed by atoms with Crippen LogP contribution in [-0.4, -0.2) is 29.9 Å². The van der Waals surface area contributed by atoms with Gasteiger partial charge in [0.05, 0.1) is 0 Å². The van der Waals surface area contributed by atoms with E-state index in [0.29, 0.717) is 18.7 Å². The minimum atomic E-state index is -0.162. The van der Waals surface area contributed by atoms with Gasteiger partial charge in [-0.15, -0.1) is 0 Å². The van der Waals surface area contributed by atoms with Crippen LogP contribution in [0.4, 0.5) is 16.2 Å². The Bertz CT molecular complexity index is 1080. The highest BCUT2D eigenvalue weighted by Crippen LogP contribution is 2.23. The van der Waals surface area contributed by atoms with Gasteiger partial charge in [0.1, 0.15) is 0 Å². The van der Waals surface area contributed by atoms with Crippen LogP contribution in [0.3, 0.4) is 0 Å². The SMILES string of the molecule is Cc1ccc(NC(=O)c2ccc(N3CCCN(Cc4ccccc4)C3=O)cc2)cc1C. The second-order valence-electron chi connectivity index (χ2n) is 7.99. The lowest BCUT2D eigenvalue weighted by atomic mass is 10.1. The number of carbonyl (C=O) groups excluding carboxylic acids is 2. The molecule has 1 heterocycles. The molecule has 0 aliphatic carbocycles. The van der Waals surface area contributed by atoms with E-state index in [1.165, 1.54) is 5.56 Å². The lowest BCUT2D eigenvalue weighted by molar-refractivity contribution is 0.102. The van der Waals surface area contributed by atoms with Crippen LogP contribution in [0.15, 0.2) is 72.8 Å². The molecule has 1 aliphatic rings. The van der Waals surface area contributed by atoms with Crippen LogP contribution in [0.2, 0.25) is 0 Å². The van der Waals surface area contributed by atoms with Crippen molar-refractivity contribution in [1.82, 2.24) is 4.90 Å². The molecular formula is C26H27N3O2. The van der Waals surface area contributed by atoms with Gasteiger partial charge in [0.2, 0.25) is 0 Å². The minimum Gasteiger partial charge on any atom is -0.322 e. The van der Waals surface area contributed by atoms with E-state index in [4.69, 9.17) is 0 Å². The van der Waals surface area contributed by atoms with Gasteiger partial charge in [-0.05, 0) is 73.4 Å². The zero-order valence-electron chi connectivity index (χ0n) is 18.0. The fourth-order valence-electron chi connectivity index (χ4n) is 3.79. The number of anilines is 2. The average Bonchev–Trinajstić information content (AvgIpc) is 2.78. The predicted octanol–water partition coefficient (Wildman–Crippen LogP) is 5.39. The van der Waals surface area contributed by atoms with Crippen molar-refractivity contribution in [3.05, 3.63) is 95.1 Å². The van der Waals surface area contributed by atoms with Crippen molar-refractivity contribution >= 4 is 23.3 Å². The Balaban J connectivity index is 1.43. The van der Waals surface area contributed by atoms with Crippen LogP contribution in [0.25, 0.3) is 0 Å². The second kappa shape index (κ2) is 9.04. The lowest BCUT2D eigenvalue weighted by Crippen LogP contribution is -2.49. The fraction of sp³-hybridized carbons (Fsp3) is 0.231. The number of rotatable bonds is 5. The largest absolute Gasteiger partial charge is 0.324 e. The lowest BCUT2D eigenvalue weighted by Gasteiger charge is -2.35. The zero-order valence-corrected chi connectivity index (χ0v) is 18.0. The molecule has 0 aromatic heterocycles. The first-order valence-corrected chi connectivity index (χ1v) is 10.6. The van der Waals surface area contributed by atoms with Crippen molar-refractivity contribution in [3.63, 3.8) is 0 Å². The summed E-state index contributed by atoms with van der Waals surface area (Å²) in [6, 6.07) is 23.1. The topological polar surface area (TPSA) is 52.7 Å². The van der Waals surface area contributed by atoms with Crippen molar-refractivity contribution < 1.29 is 9.59 Å². The third-order valence-electron chi connectivity index (χ3n) is 5.73. The number of hydrogen-bond donors (Lipinski definition) is 1. The molecule has 5 heteroatoms. The minimum absolute atomic E-state index is 0.00225. The maximum atomic E-state index is 13.0. The molecule has 3 aromatic rings. The molecular weight excluding hydrogens is 386 g/mol. The van der Waals surface area contributed by atoms with Gasteiger partial charge in [0, 0.05) is 36.6 Å². The van der Waals surface area contributed by atoms with Gasteiger partial charge in [0.15, 0.2) is 0 Å². The van der Waals surface area contributed by atoms with E-state index in [1.807, 2.05) is 79.4 Å². The summed E-state index contributed by atoms with van der Waals surface area (Å²) in [5, 5.41) is 2.94. The highest BCUT2D eigenvalue weighted by atomic mass is 16.2. The monoisotopic (exact) mass is 413 g/mol. The van der Waals surface area contributed by atoms with Crippen LogP contribution < -0.4 is 10.2 Å². The molecule has 158 valence electrons. The van der Waals surface area contributed by atoms with Crippen LogP contribution in [0, 0.1) is 13.8 Å². The molecule has 0 bridgehead atoms. The molecule has 0 spiro atoms. The summed E-state index contributed by atoms with van der Waals surface area (Å²) < 4.78 is 0. The average molecular weight is 414 g/mol. The van der Waals surface area contributed by atoms with Gasteiger partial charge >= 0.3 is 6.03 Å². The number of benzene rings is 3. The van der Waals surface area contributed by atoms with E-state index < -0.39 is 0 Å². The summed E-state index contributed by atoms with van der Waals surface area (Å²) in [6.07, 6.45) is 0.910. The first-order valence-electron chi connectivity index (χ1n) is 10.6. The van der Waals surface area contributed by atoms with Gasteiger partial charge in [0.25, 0.3) is 5.91 Å². The molecule has 31 heavy (non-hydrogen) atoms. The fourth-order valence-corrected chi connectivity index (χ4v) is 3.79. The van der Waals surface area contributed by atoms with E-state index in [9.17, 15) is 9.59 Å². The summed E-state index contributed by atoms with van der Waals surface area (Å²) in [7, 11) is 0. The number of amides is 3. The Morgan fingerprint density at radius 1 is 0.903 bits per heavy atom. The van der Waals surface area contributed by atoms with E-state index >= 15 is 0 Å². The predicted molar refractivity (Wildman–Crippen MR) is 125 cm³/mol. The molecule has 0 radical (unpaired) electrons. The van der Waals surface area contributed by atoms with E-state index in [1.54, 1.807) is 17.0 Å². The van der Waals surface area contributed by atoms with E-state index in [0.717, 1.165) is 35.5 Å². The Labute approximate surface area is 183 Å². The number of urea groups is 1. The van der Waals surface area contributed by atoms with Crippen LogP contribution in [0.1, 0.15) is 33.5 Å². The first-order chi connectivity index (χ1) is 15.0. The van der Waals surface area contributed by atoms with Gasteiger partial charge in [-0.1, -0.05) is 36.4 Å². The molecule has 1 fully saturated rings. The molecule has 5 nitrogen and oxygen atoms in total. The van der Waals surface area contributed by atoms with Gasteiger partial charge in [-0.25, -0.2) is 4.79 Å². The molecule has 0 atom stereocenters. The highest BCUT2D eigenvalue weighted by molar-refractivity contribution is 6.04. The smallest absolute Gasteiger partial charge is 0.322 e. The summed E-state index contributed by atoms with van der Waals surface area (Å²) in [4.78, 5) is 29.3. The van der Waals surface area contributed by atoms with Gasteiger partial charge in [-0.3, -0.25) is 9.69 Å². The van der Waals surface area contributed by atoms with Crippen molar-refractivity contribution in [2.45, 2.75) is 26.8 Å². The van der Waals surface area contributed by atoms with Crippen molar-refractivity contribution in [2.75, 3.05) is 23.3 Å². The Morgan fingerprint density at radius 3 is 2.35 bits per heavy atom. The molecule has 1 saturated heterocycles. The summed E-state index contributed by atoms with van der Waals surface area (Å²) in [5.41, 5.74) is 5.60. The Hall–Kier alpha value is -3.60. The number of carbonyl (C=O) groups is 2. The molecule has 0 saturated carbocycles. The van der Waals surface area contributed by atoms with E-state index in [2.05, 4.69) is 5.32 Å². The number of aryl methyl sites for hydroxylation is 2. The number of hydrogen-bond acceptors (Lipinski definition) is 2. The Kier molecular flexibility index (Phi) is 6.03. The quantitative estimate of drug-likeness (QED) is 0.610. The molecule has 3 aromatic carbocycles. The number of nitrogens with one attached hydrogen (secondary N) is 1. The molecule has 4 rings (SSSR count). The second-order valence-corrected chi connectivity index (χ2v) is 7.99. The number of nitrogens with zero attached hydrogens (tertiary/aromatic N) is 2.